The number of carbonyl (C=O) groups excluding carboxylic acids is 1. The summed E-state index contributed by atoms with van der Waals surface area (Å²) in [4.78, 5) is 14.4. The molecule has 7 nitrogen and oxygen atoms in total. The highest BCUT2D eigenvalue weighted by atomic mass is 32.1. The summed E-state index contributed by atoms with van der Waals surface area (Å²) in [6.07, 6.45) is 2.65. The van der Waals surface area contributed by atoms with Crippen molar-refractivity contribution in [2.75, 3.05) is 26.7 Å². The highest BCUT2D eigenvalue weighted by Gasteiger charge is 2.28. The monoisotopic (exact) mass is 412 g/mol. The molecule has 1 fully saturated rings. The summed E-state index contributed by atoms with van der Waals surface area (Å²) in [5.41, 5.74) is 2.10. The van der Waals surface area contributed by atoms with Gasteiger partial charge in [0.05, 0.1) is 13.0 Å². The Labute approximate surface area is 173 Å². The number of rotatable bonds is 6. The first kappa shape index (κ1) is 19.4. The summed E-state index contributed by atoms with van der Waals surface area (Å²) in [5.74, 6) is 2.07. The molecule has 152 valence electrons. The number of aromatic nitrogens is 2. The van der Waals surface area contributed by atoms with Gasteiger partial charge in [-0.25, -0.2) is 4.79 Å². The second-order valence-corrected chi connectivity index (χ2v) is 7.85. The molecule has 3 heterocycles. The van der Waals surface area contributed by atoms with Gasteiger partial charge >= 0.3 is 6.03 Å². The lowest BCUT2D eigenvalue weighted by atomic mass is 9.98. The zero-order chi connectivity index (χ0) is 20.1. The second kappa shape index (κ2) is 9.09. The number of ether oxygens (including phenoxy) is 1. The highest BCUT2D eigenvalue weighted by Crippen LogP contribution is 2.29. The number of hydrogen-bond acceptors (Lipinski definition) is 6. The van der Waals surface area contributed by atoms with Crippen molar-refractivity contribution in [2.45, 2.75) is 25.2 Å². The van der Waals surface area contributed by atoms with E-state index in [0.29, 0.717) is 24.9 Å². The molecule has 4 rings (SSSR count). The molecule has 2 aromatic heterocycles. The number of piperidine rings is 1. The number of carbonyl (C=O) groups is 1. The molecule has 0 radical (unpaired) electrons. The largest absolute Gasteiger partial charge is 0.497 e. The molecule has 1 aromatic carbocycles. The fourth-order valence-corrected chi connectivity index (χ4v) is 4.11. The Balaban J connectivity index is 1.29. The van der Waals surface area contributed by atoms with E-state index in [2.05, 4.69) is 15.5 Å². The summed E-state index contributed by atoms with van der Waals surface area (Å²) in [5, 5.41) is 15.4. The summed E-state index contributed by atoms with van der Waals surface area (Å²) in [6.45, 7) is 1.94. The van der Waals surface area contributed by atoms with Crippen LogP contribution in [0.4, 0.5) is 4.79 Å². The third kappa shape index (κ3) is 4.76. The van der Waals surface area contributed by atoms with Gasteiger partial charge in [-0.2, -0.15) is 11.3 Å². The maximum absolute atomic E-state index is 12.6. The molecule has 3 aromatic rings. The number of hydrogen-bond donors (Lipinski definition) is 1. The van der Waals surface area contributed by atoms with Gasteiger partial charge in [-0.15, -0.1) is 10.2 Å². The van der Waals surface area contributed by atoms with Crippen LogP contribution < -0.4 is 10.1 Å². The summed E-state index contributed by atoms with van der Waals surface area (Å²) in [6, 6.07) is 9.82. The maximum Gasteiger partial charge on any atom is 0.317 e. The smallest absolute Gasteiger partial charge is 0.317 e. The van der Waals surface area contributed by atoms with Crippen LogP contribution in [-0.2, 0) is 6.42 Å². The van der Waals surface area contributed by atoms with E-state index in [9.17, 15) is 4.79 Å². The van der Waals surface area contributed by atoms with Crippen molar-refractivity contribution in [3.8, 4) is 17.2 Å². The summed E-state index contributed by atoms with van der Waals surface area (Å²) >= 11 is 1.60. The molecule has 1 aliphatic heterocycles. The molecule has 0 spiro atoms. The first-order chi connectivity index (χ1) is 14.2. The van der Waals surface area contributed by atoms with E-state index in [4.69, 9.17) is 9.15 Å². The molecule has 1 atom stereocenters. The van der Waals surface area contributed by atoms with Crippen LogP contribution in [0.15, 0.2) is 45.5 Å². The molecule has 2 amide bonds. The molecule has 0 bridgehead atoms. The number of amides is 2. The standard InChI is InChI=1S/C21H24N4O3S/c1-27-18-6-4-15(5-7-18)8-10-22-21(26)25-11-2-3-16(13-25)19-23-24-20(28-19)17-9-12-29-14-17/h4-7,9,12,14,16H,2-3,8,10-11,13H2,1H3,(H,22,26). The number of thiophene rings is 1. The lowest BCUT2D eigenvalue weighted by molar-refractivity contribution is 0.174. The Kier molecular flexibility index (Phi) is 6.09. The van der Waals surface area contributed by atoms with Crippen LogP contribution in [0.25, 0.3) is 11.5 Å². The molecule has 0 aliphatic carbocycles. The van der Waals surface area contributed by atoms with Crippen LogP contribution in [-0.4, -0.2) is 47.9 Å². The molecule has 1 aliphatic rings. The van der Waals surface area contributed by atoms with E-state index >= 15 is 0 Å². The van der Waals surface area contributed by atoms with Crippen LogP contribution in [0.3, 0.4) is 0 Å². The summed E-state index contributed by atoms with van der Waals surface area (Å²) < 4.78 is 11.0. The predicted octanol–water partition coefficient (Wildman–Crippen LogP) is 3.94. The zero-order valence-corrected chi connectivity index (χ0v) is 17.2. The minimum atomic E-state index is -0.0409. The SMILES string of the molecule is COc1ccc(CCNC(=O)N2CCCC(c3nnc(-c4ccsc4)o3)C2)cc1. The van der Waals surface area contributed by atoms with Crippen molar-refractivity contribution < 1.29 is 13.9 Å². The Morgan fingerprint density at radius 2 is 2.17 bits per heavy atom. The van der Waals surface area contributed by atoms with Crippen LogP contribution in [0.2, 0.25) is 0 Å². The van der Waals surface area contributed by atoms with Gasteiger partial charge in [-0.3, -0.25) is 0 Å². The van der Waals surface area contributed by atoms with Crippen molar-refractivity contribution in [1.29, 1.82) is 0 Å². The van der Waals surface area contributed by atoms with Gasteiger partial charge in [0.2, 0.25) is 11.8 Å². The molecule has 0 saturated carbocycles. The van der Waals surface area contributed by atoms with E-state index in [-0.39, 0.29) is 11.9 Å². The average Bonchev–Trinajstić information content (AvgIpc) is 3.46. The number of urea groups is 1. The van der Waals surface area contributed by atoms with Gasteiger partial charge in [0.1, 0.15) is 5.75 Å². The summed E-state index contributed by atoms with van der Waals surface area (Å²) in [7, 11) is 1.65. The fourth-order valence-electron chi connectivity index (χ4n) is 3.48. The van der Waals surface area contributed by atoms with Crippen molar-refractivity contribution in [1.82, 2.24) is 20.4 Å². The van der Waals surface area contributed by atoms with Crippen LogP contribution in [0.5, 0.6) is 5.75 Å². The molecule has 1 unspecified atom stereocenters. The Morgan fingerprint density at radius 3 is 2.93 bits per heavy atom. The Hall–Kier alpha value is -2.87. The number of nitrogens with one attached hydrogen (secondary N) is 1. The van der Waals surface area contributed by atoms with Crippen molar-refractivity contribution in [3.05, 3.63) is 52.5 Å². The first-order valence-corrected chi connectivity index (χ1v) is 10.7. The number of likely N-dealkylation sites (tertiary alicyclic amines) is 1. The van der Waals surface area contributed by atoms with Gasteiger partial charge < -0.3 is 19.4 Å². The minimum Gasteiger partial charge on any atom is -0.497 e. The normalized spacial score (nSPS) is 16.6. The molecule has 29 heavy (non-hydrogen) atoms. The third-order valence-electron chi connectivity index (χ3n) is 5.12. The van der Waals surface area contributed by atoms with Crippen molar-refractivity contribution >= 4 is 17.4 Å². The van der Waals surface area contributed by atoms with Gasteiger partial charge in [0.25, 0.3) is 0 Å². The highest BCUT2D eigenvalue weighted by molar-refractivity contribution is 7.08. The number of nitrogens with zero attached hydrogens (tertiary/aromatic N) is 3. The van der Waals surface area contributed by atoms with Crippen LogP contribution in [0, 0.1) is 0 Å². The van der Waals surface area contributed by atoms with Gasteiger partial charge in [-0.05, 0) is 48.4 Å². The lowest BCUT2D eigenvalue weighted by Crippen LogP contribution is -2.45. The van der Waals surface area contributed by atoms with Crippen molar-refractivity contribution in [3.63, 3.8) is 0 Å². The molecule has 1 N–H and O–H groups in total. The molecule has 8 heteroatoms. The van der Waals surface area contributed by atoms with Crippen LogP contribution in [0.1, 0.15) is 30.2 Å². The Morgan fingerprint density at radius 1 is 1.31 bits per heavy atom. The second-order valence-electron chi connectivity index (χ2n) is 7.07. The fraction of sp³-hybridized carbons (Fsp3) is 0.381. The minimum absolute atomic E-state index is 0.0409. The quantitative estimate of drug-likeness (QED) is 0.663. The van der Waals surface area contributed by atoms with Crippen LogP contribution >= 0.6 is 11.3 Å². The molecule has 1 saturated heterocycles. The van der Waals surface area contributed by atoms with E-state index in [1.165, 1.54) is 0 Å². The third-order valence-corrected chi connectivity index (χ3v) is 5.80. The van der Waals surface area contributed by atoms with Crippen molar-refractivity contribution in [2.24, 2.45) is 0 Å². The molecular weight excluding hydrogens is 388 g/mol. The molecular formula is C21H24N4O3S. The zero-order valence-electron chi connectivity index (χ0n) is 16.3. The average molecular weight is 413 g/mol. The van der Waals surface area contributed by atoms with Gasteiger partial charge in [0.15, 0.2) is 0 Å². The van der Waals surface area contributed by atoms with E-state index < -0.39 is 0 Å². The van der Waals surface area contributed by atoms with E-state index in [1.54, 1.807) is 18.4 Å². The van der Waals surface area contributed by atoms with E-state index in [0.717, 1.165) is 42.7 Å². The van der Waals surface area contributed by atoms with Gasteiger partial charge in [0, 0.05) is 30.6 Å². The van der Waals surface area contributed by atoms with E-state index in [1.807, 2.05) is 46.0 Å². The topological polar surface area (TPSA) is 80.5 Å². The first-order valence-electron chi connectivity index (χ1n) is 9.74. The Bertz CT molecular complexity index is 924. The number of benzene rings is 1. The predicted molar refractivity (Wildman–Crippen MR) is 111 cm³/mol. The van der Waals surface area contributed by atoms with Gasteiger partial charge in [-0.1, -0.05) is 12.1 Å². The maximum atomic E-state index is 12.6. The number of methoxy groups -OCH3 is 1. The lowest BCUT2D eigenvalue weighted by Gasteiger charge is -2.31.